The van der Waals surface area contributed by atoms with Gasteiger partial charge in [-0.15, -0.1) is 0 Å². The third-order valence-electron chi connectivity index (χ3n) is 5.83. The molecule has 7 nitrogen and oxygen atoms in total. The first-order valence-electron chi connectivity index (χ1n) is 12.0. The van der Waals surface area contributed by atoms with E-state index in [0.29, 0.717) is 22.2 Å². The molecule has 0 fully saturated rings. The van der Waals surface area contributed by atoms with Crippen LogP contribution < -0.4 is 10.6 Å². The van der Waals surface area contributed by atoms with Gasteiger partial charge < -0.3 is 19.8 Å². The lowest BCUT2D eigenvalue weighted by Crippen LogP contribution is -2.29. The van der Waals surface area contributed by atoms with Gasteiger partial charge in [-0.3, -0.25) is 4.79 Å². The molecule has 37 heavy (non-hydrogen) atoms. The minimum atomic E-state index is -0.789. The van der Waals surface area contributed by atoms with Crippen molar-refractivity contribution < 1.29 is 18.7 Å². The molecule has 8 heteroatoms. The molecule has 0 saturated carbocycles. The largest absolute Gasteiger partial charge is 0.468 e. The number of aryl methyl sites for hydroxylation is 1. The number of thioether (sulfide) groups is 1. The Kier molecular flexibility index (Phi) is 8.49. The summed E-state index contributed by atoms with van der Waals surface area (Å²) in [5.41, 5.74) is 3.71. The van der Waals surface area contributed by atoms with Crippen molar-refractivity contribution in [1.29, 1.82) is 5.26 Å². The molecule has 0 radical (unpaired) electrons. The van der Waals surface area contributed by atoms with E-state index in [1.807, 2.05) is 54.6 Å². The van der Waals surface area contributed by atoms with Crippen LogP contribution in [0.2, 0.25) is 0 Å². The highest BCUT2D eigenvalue weighted by Crippen LogP contribution is 2.43. The number of ether oxygens (including phenoxy) is 1. The molecule has 1 amide bonds. The van der Waals surface area contributed by atoms with Crippen LogP contribution in [0.15, 0.2) is 93.6 Å². The van der Waals surface area contributed by atoms with Crippen molar-refractivity contribution in [3.63, 3.8) is 0 Å². The molecule has 2 heterocycles. The van der Waals surface area contributed by atoms with E-state index in [1.54, 1.807) is 19.1 Å². The van der Waals surface area contributed by atoms with Gasteiger partial charge >= 0.3 is 5.97 Å². The number of carbonyl (C=O) groups excluding carboxylic acids is 2. The minimum Gasteiger partial charge on any atom is -0.468 e. The molecule has 2 aromatic carbocycles. The second kappa shape index (κ2) is 12.2. The summed E-state index contributed by atoms with van der Waals surface area (Å²) in [6, 6.07) is 22.7. The second-order valence-electron chi connectivity index (χ2n) is 8.19. The quantitative estimate of drug-likeness (QED) is 0.358. The summed E-state index contributed by atoms with van der Waals surface area (Å²) in [6.07, 6.45) is 2.42. The van der Waals surface area contributed by atoms with Gasteiger partial charge in [0, 0.05) is 5.69 Å². The number of nitrogens with one attached hydrogen (secondary N) is 2. The first kappa shape index (κ1) is 25.9. The predicted molar refractivity (Wildman–Crippen MR) is 144 cm³/mol. The third-order valence-corrected chi connectivity index (χ3v) is 6.85. The summed E-state index contributed by atoms with van der Waals surface area (Å²) in [4.78, 5) is 26.0. The van der Waals surface area contributed by atoms with Crippen LogP contribution in [0.1, 0.15) is 36.7 Å². The average molecular weight is 514 g/mol. The van der Waals surface area contributed by atoms with Gasteiger partial charge in [-0.1, -0.05) is 61.2 Å². The van der Waals surface area contributed by atoms with Crippen molar-refractivity contribution in [2.45, 2.75) is 26.2 Å². The maximum absolute atomic E-state index is 13.2. The van der Waals surface area contributed by atoms with Crippen molar-refractivity contribution in [2.75, 3.05) is 17.7 Å². The van der Waals surface area contributed by atoms with Gasteiger partial charge in [0.1, 0.15) is 5.76 Å². The monoisotopic (exact) mass is 513 g/mol. The Morgan fingerprint density at radius 1 is 1.08 bits per heavy atom. The van der Waals surface area contributed by atoms with Crippen LogP contribution >= 0.6 is 11.8 Å². The van der Waals surface area contributed by atoms with E-state index in [0.717, 1.165) is 12.0 Å². The van der Waals surface area contributed by atoms with Crippen molar-refractivity contribution in [3.8, 4) is 6.07 Å². The highest BCUT2D eigenvalue weighted by atomic mass is 32.2. The topological polar surface area (TPSA) is 104 Å². The van der Waals surface area contributed by atoms with Crippen LogP contribution in [0, 0.1) is 11.3 Å². The number of dihydropyridines is 1. The molecule has 0 unspecified atom stereocenters. The van der Waals surface area contributed by atoms with Crippen LogP contribution in [0.3, 0.4) is 0 Å². The van der Waals surface area contributed by atoms with Crippen LogP contribution in [-0.2, 0) is 20.7 Å². The highest BCUT2D eigenvalue weighted by molar-refractivity contribution is 8.03. The zero-order valence-electron chi connectivity index (χ0n) is 20.6. The number of rotatable bonds is 9. The van der Waals surface area contributed by atoms with Crippen molar-refractivity contribution in [3.05, 3.63) is 106 Å². The fourth-order valence-corrected chi connectivity index (χ4v) is 4.90. The number of anilines is 1. The number of furan rings is 1. The first-order valence-corrected chi connectivity index (χ1v) is 13.0. The van der Waals surface area contributed by atoms with Gasteiger partial charge in [-0.05, 0) is 48.7 Å². The standard InChI is InChI=1S/C29H27N3O4S/c1-3-19-12-14-21(15-13-19)31-24(33)18-37-28-22(17-30)25(23-11-8-16-36-23)26(29(34)35-4-2)27(32-28)20-9-6-5-7-10-20/h5-16,25,32H,3-4,18H2,1-2H3,(H,31,33)/t25-/m0/s1. The number of carbonyl (C=O) groups is 2. The third kappa shape index (κ3) is 5.96. The molecule has 3 aromatic rings. The Hall–Kier alpha value is -4.22. The zero-order valence-corrected chi connectivity index (χ0v) is 21.4. The van der Waals surface area contributed by atoms with E-state index in [9.17, 15) is 14.9 Å². The Labute approximate surface area is 220 Å². The summed E-state index contributed by atoms with van der Waals surface area (Å²) >= 11 is 1.20. The molecule has 0 aliphatic carbocycles. The molecule has 188 valence electrons. The van der Waals surface area contributed by atoms with Crippen molar-refractivity contribution in [1.82, 2.24) is 5.32 Å². The SMILES string of the molecule is CCOC(=O)C1=C(c2ccccc2)NC(SCC(=O)Nc2ccc(CC)cc2)=C(C#N)[C@H]1c1ccco1. The molecule has 1 aliphatic heterocycles. The number of amides is 1. The summed E-state index contributed by atoms with van der Waals surface area (Å²) in [7, 11) is 0. The van der Waals surface area contributed by atoms with Crippen LogP contribution in [-0.4, -0.2) is 24.2 Å². The molecular formula is C29H27N3O4S. The average Bonchev–Trinajstić information content (AvgIpc) is 3.47. The number of nitrogens with zero attached hydrogens (tertiary/aromatic N) is 1. The second-order valence-corrected chi connectivity index (χ2v) is 9.18. The lowest BCUT2D eigenvalue weighted by Gasteiger charge is -2.29. The number of benzene rings is 2. The highest BCUT2D eigenvalue weighted by Gasteiger charge is 2.38. The van der Waals surface area contributed by atoms with Crippen molar-refractivity contribution in [2.24, 2.45) is 0 Å². The molecule has 1 aromatic heterocycles. The summed E-state index contributed by atoms with van der Waals surface area (Å²) in [5, 5.41) is 16.8. The van der Waals surface area contributed by atoms with E-state index in [4.69, 9.17) is 9.15 Å². The van der Waals surface area contributed by atoms with Gasteiger partial charge in [0.2, 0.25) is 5.91 Å². The first-order chi connectivity index (χ1) is 18.0. The molecule has 1 atom stereocenters. The summed E-state index contributed by atoms with van der Waals surface area (Å²) < 4.78 is 11.1. The minimum absolute atomic E-state index is 0.0602. The smallest absolute Gasteiger partial charge is 0.337 e. The number of esters is 1. The Bertz CT molecular complexity index is 1350. The Morgan fingerprint density at radius 3 is 2.46 bits per heavy atom. The molecular weight excluding hydrogens is 486 g/mol. The van der Waals surface area contributed by atoms with Gasteiger partial charge in [0.15, 0.2) is 0 Å². The molecule has 0 spiro atoms. The van der Waals surface area contributed by atoms with Gasteiger partial charge in [0.05, 0.1) is 52.5 Å². The molecule has 2 N–H and O–H groups in total. The maximum atomic E-state index is 13.2. The fraction of sp³-hybridized carbons (Fsp3) is 0.207. The lowest BCUT2D eigenvalue weighted by atomic mass is 9.84. The summed E-state index contributed by atoms with van der Waals surface area (Å²) in [6.45, 7) is 3.99. The van der Waals surface area contributed by atoms with E-state index < -0.39 is 11.9 Å². The van der Waals surface area contributed by atoms with E-state index in [1.165, 1.54) is 23.6 Å². The lowest BCUT2D eigenvalue weighted by molar-refractivity contribution is -0.138. The number of hydrogen-bond acceptors (Lipinski definition) is 7. The van der Waals surface area contributed by atoms with E-state index >= 15 is 0 Å². The van der Waals surface area contributed by atoms with Crippen LogP contribution in [0.5, 0.6) is 0 Å². The Balaban J connectivity index is 1.68. The van der Waals surface area contributed by atoms with Gasteiger partial charge in [-0.2, -0.15) is 5.26 Å². The molecule has 0 bridgehead atoms. The van der Waals surface area contributed by atoms with E-state index in [-0.39, 0.29) is 29.4 Å². The zero-order chi connectivity index (χ0) is 26.2. The fourth-order valence-electron chi connectivity index (χ4n) is 4.06. The van der Waals surface area contributed by atoms with Gasteiger partial charge in [0.25, 0.3) is 0 Å². The predicted octanol–water partition coefficient (Wildman–Crippen LogP) is 5.61. The summed E-state index contributed by atoms with van der Waals surface area (Å²) in [5.74, 6) is -1.04. The van der Waals surface area contributed by atoms with Gasteiger partial charge in [-0.25, -0.2) is 4.79 Å². The van der Waals surface area contributed by atoms with Crippen molar-refractivity contribution >= 4 is 35.0 Å². The van der Waals surface area contributed by atoms with Crippen LogP contribution in [0.4, 0.5) is 5.69 Å². The number of nitriles is 1. The normalized spacial score (nSPS) is 15.1. The maximum Gasteiger partial charge on any atom is 0.337 e. The Morgan fingerprint density at radius 2 is 1.84 bits per heavy atom. The van der Waals surface area contributed by atoms with E-state index in [2.05, 4.69) is 23.6 Å². The number of allylic oxidation sites excluding steroid dienone is 1. The number of hydrogen-bond donors (Lipinski definition) is 2. The molecule has 0 saturated heterocycles. The molecule has 1 aliphatic rings. The van der Waals surface area contributed by atoms with Crippen LogP contribution in [0.25, 0.3) is 5.70 Å². The molecule has 4 rings (SSSR count).